The topological polar surface area (TPSA) is 57.0 Å². The molecule has 0 aliphatic carbocycles. The van der Waals surface area contributed by atoms with Crippen LogP contribution >= 0.6 is 22.7 Å². The molecule has 4 rings (SSSR count). The smallest absolute Gasteiger partial charge is 0.349 e. The van der Waals surface area contributed by atoms with Gasteiger partial charge in [-0.2, -0.15) is 5.10 Å². The van der Waals surface area contributed by atoms with Crippen molar-refractivity contribution < 1.29 is 9.53 Å². The summed E-state index contributed by atoms with van der Waals surface area (Å²) in [6.45, 7) is 2.20. The lowest BCUT2D eigenvalue weighted by atomic mass is 10.1. The summed E-state index contributed by atoms with van der Waals surface area (Å²) in [6.07, 6.45) is 3.68. The molecular formula is C20H17N3O2S2. The molecule has 3 aromatic heterocycles. The number of aryl methyl sites for hydroxylation is 2. The van der Waals surface area contributed by atoms with Gasteiger partial charge in [-0.1, -0.05) is 29.8 Å². The monoisotopic (exact) mass is 395 g/mol. The Bertz CT molecular complexity index is 1080. The summed E-state index contributed by atoms with van der Waals surface area (Å²) >= 11 is 2.91. The van der Waals surface area contributed by atoms with Gasteiger partial charge in [0.2, 0.25) is 0 Å². The molecular weight excluding hydrogens is 378 g/mol. The van der Waals surface area contributed by atoms with Crippen molar-refractivity contribution in [2.45, 2.75) is 13.5 Å². The van der Waals surface area contributed by atoms with Crippen molar-refractivity contribution in [3.63, 3.8) is 0 Å². The number of rotatable bonds is 5. The lowest BCUT2D eigenvalue weighted by Gasteiger charge is -2.05. The first kappa shape index (κ1) is 17.6. The van der Waals surface area contributed by atoms with Crippen LogP contribution in [0.2, 0.25) is 0 Å². The lowest BCUT2D eigenvalue weighted by Crippen LogP contribution is -2.04. The molecule has 4 aromatic rings. The van der Waals surface area contributed by atoms with Gasteiger partial charge < -0.3 is 4.74 Å². The summed E-state index contributed by atoms with van der Waals surface area (Å²) in [6, 6.07) is 10.1. The maximum absolute atomic E-state index is 12.6. The Morgan fingerprint density at radius 2 is 1.96 bits per heavy atom. The average Bonchev–Trinajstić information content (AvgIpc) is 3.40. The Labute approximate surface area is 164 Å². The number of carbonyl (C=O) groups excluding carboxylic acids is 1. The zero-order valence-electron chi connectivity index (χ0n) is 14.9. The molecule has 0 unspecified atom stereocenters. The van der Waals surface area contributed by atoms with Gasteiger partial charge in [0.1, 0.15) is 16.5 Å². The van der Waals surface area contributed by atoms with Crippen LogP contribution in [0.1, 0.15) is 20.9 Å². The van der Waals surface area contributed by atoms with Crippen molar-refractivity contribution in [1.82, 2.24) is 14.8 Å². The number of hydrogen-bond donors (Lipinski definition) is 0. The highest BCUT2D eigenvalue weighted by atomic mass is 32.1. The molecule has 5 nitrogen and oxygen atoms in total. The molecule has 0 aliphatic rings. The molecule has 0 radical (unpaired) electrons. The number of thiazole rings is 1. The van der Waals surface area contributed by atoms with Gasteiger partial charge in [0, 0.05) is 29.8 Å². The minimum absolute atomic E-state index is 0.154. The number of hydrogen-bond acceptors (Lipinski definition) is 6. The molecule has 0 aliphatic heterocycles. The van der Waals surface area contributed by atoms with Gasteiger partial charge in [-0.15, -0.1) is 22.7 Å². The van der Waals surface area contributed by atoms with Crippen molar-refractivity contribution in [2.24, 2.45) is 7.05 Å². The predicted molar refractivity (Wildman–Crippen MR) is 108 cm³/mol. The van der Waals surface area contributed by atoms with Crippen molar-refractivity contribution in [3.05, 3.63) is 69.6 Å². The van der Waals surface area contributed by atoms with Crippen LogP contribution in [0.25, 0.3) is 21.7 Å². The van der Waals surface area contributed by atoms with E-state index in [1.165, 1.54) is 28.2 Å². The summed E-state index contributed by atoms with van der Waals surface area (Å²) in [5, 5.41) is 8.84. The van der Waals surface area contributed by atoms with Crippen molar-refractivity contribution in [3.8, 4) is 21.7 Å². The van der Waals surface area contributed by atoms with Crippen LogP contribution in [0.5, 0.6) is 0 Å². The second-order valence-corrected chi connectivity index (χ2v) is 7.93. The Morgan fingerprint density at radius 3 is 2.70 bits per heavy atom. The third-order valence-corrected chi connectivity index (χ3v) is 5.90. The van der Waals surface area contributed by atoms with Gasteiger partial charge >= 0.3 is 5.97 Å². The van der Waals surface area contributed by atoms with E-state index in [9.17, 15) is 4.79 Å². The van der Waals surface area contributed by atoms with Gasteiger partial charge in [-0.3, -0.25) is 4.68 Å². The summed E-state index contributed by atoms with van der Waals surface area (Å²) < 4.78 is 7.24. The van der Waals surface area contributed by atoms with Gasteiger partial charge in [0.15, 0.2) is 0 Å². The van der Waals surface area contributed by atoms with Crippen molar-refractivity contribution in [2.75, 3.05) is 0 Å². The van der Waals surface area contributed by atoms with E-state index in [0.29, 0.717) is 4.88 Å². The van der Waals surface area contributed by atoms with E-state index < -0.39 is 0 Å². The van der Waals surface area contributed by atoms with E-state index in [-0.39, 0.29) is 12.6 Å². The molecule has 0 saturated carbocycles. The first-order valence-electron chi connectivity index (χ1n) is 8.35. The number of thiophene rings is 1. The van der Waals surface area contributed by atoms with Crippen LogP contribution in [0, 0.1) is 6.92 Å². The van der Waals surface area contributed by atoms with E-state index in [1.807, 2.05) is 61.3 Å². The van der Waals surface area contributed by atoms with E-state index in [0.717, 1.165) is 27.4 Å². The fraction of sp³-hybridized carbons (Fsp3) is 0.150. The van der Waals surface area contributed by atoms with Crippen molar-refractivity contribution in [1.29, 1.82) is 0 Å². The number of ether oxygens (including phenoxy) is 1. The molecule has 3 heterocycles. The first-order chi connectivity index (χ1) is 13.1. The fourth-order valence-electron chi connectivity index (χ4n) is 2.67. The predicted octanol–water partition coefficient (Wildman–Crippen LogP) is 4.94. The zero-order chi connectivity index (χ0) is 18.8. The quantitative estimate of drug-likeness (QED) is 0.449. The number of benzene rings is 1. The molecule has 7 heteroatoms. The molecule has 0 atom stereocenters. The third kappa shape index (κ3) is 3.84. The van der Waals surface area contributed by atoms with Gasteiger partial charge in [-0.25, -0.2) is 9.78 Å². The van der Waals surface area contributed by atoms with E-state index in [4.69, 9.17) is 4.74 Å². The maximum atomic E-state index is 12.6. The maximum Gasteiger partial charge on any atom is 0.349 e. The molecule has 0 saturated heterocycles. The summed E-state index contributed by atoms with van der Waals surface area (Å²) in [7, 11) is 1.87. The van der Waals surface area contributed by atoms with Crippen LogP contribution in [-0.2, 0) is 18.4 Å². The highest BCUT2D eigenvalue weighted by molar-refractivity contribution is 7.13. The molecule has 0 amide bonds. The van der Waals surface area contributed by atoms with Crippen molar-refractivity contribution >= 4 is 28.6 Å². The Hall–Kier alpha value is -2.77. The summed E-state index contributed by atoms with van der Waals surface area (Å²) in [5.41, 5.74) is 4.80. The van der Waals surface area contributed by atoms with Gasteiger partial charge in [-0.05, 0) is 23.9 Å². The molecule has 27 heavy (non-hydrogen) atoms. The molecule has 0 fully saturated rings. The highest BCUT2D eigenvalue weighted by Gasteiger charge is 2.17. The number of carbonyl (C=O) groups is 1. The van der Waals surface area contributed by atoms with E-state index in [2.05, 4.69) is 10.1 Å². The van der Waals surface area contributed by atoms with Gasteiger partial charge in [0.25, 0.3) is 0 Å². The van der Waals surface area contributed by atoms with E-state index >= 15 is 0 Å². The molecule has 0 N–H and O–H groups in total. The standard InChI is InChI=1S/C20H17N3O2S2/c1-13-3-5-14(6-4-13)17-7-8-26-18(17)20(24)25-11-16-12-27-19(22-16)15-9-21-23(2)10-15/h3-10,12H,11H2,1-2H3. The second kappa shape index (κ2) is 7.46. The zero-order valence-corrected chi connectivity index (χ0v) is 16.5. The summed E-state index contributed by atoms with van der Waals surface area (Å²) in [4.78, 5) is 17.7. The van der Waals surface area contributed by atoms with Crippen LogP contribution in [0.3, 0.4) is 0 Å². The number of esters is 1. The third-order valence-electron chi connectivity index (χ3n) is 4.07. The minimum Gasteiger partial charge on any atom is -0.455 e. The summed E-state index contributed by atoms with van der Waals surface area (Å²) in [5.74, 6) is -0.323. The average molecular weight is 396 g/mol. The van der Waals surface area contributed by atoms with Crippen LogP contribution < -0.4 is 0 Å². The lowest BCUT2D eigenvalue weighted by molar-refractivity contribution is 0.0475. The fourth-order valence-corrected chi connectivity index (χ4v) is 4.26. The number of nitrogens with zero attached hydrogens (tertiary/aromatic N) is 3. The Balaban J connectivity index is 1.46. The normalized spacial score (nSPS) is 10.9. The number of aromatic nitrogens is 3. The van der Waals surface area contributed by atoms with Crippen LogP contribution in [0.4, 0.5) is 0 Å². The molecule has 1 aromatic carbocycles. The Morgan fingerprint density at radius 1 is 1.15 bits per heavy atom. The molecule has 0 bridgehead atoms. The highest BCUT2D eigenvalue weighted by Crippen LogP contribution is 2.30. The minimum atomic E-state index is -0.323. The first-order valence-corrected chi connectivity index (χ1v) is 10.1. The second-order valence-electron chi connectivity index (χ2n) is 6.15. The molecule has 136 valence electrons. The van der Waals surface area contributed by atoms with Crippen LogP contribution in [0.15, 0.2) is 53.5 Å². The van der Waals surface area contributed by atoms with E-state index in [1.54, 1.807) is 10.9 Å². The Kier molecular flexibility index (Phi) is 4.87. The molecule has 0 spiro atoms. The van der Waals surface area contributed by atoms with Crippen LogP contribution in [-0.4, -0.2) is 20.7 Å². The van der Waals surface area contributed by atoms with Gasteiger partial charge in [0.05, 0.1) is 11.9 Å². The SMILES string of the molecule is Cc1ccc(-c2ccsc2C(=O)OCc2csc(-c3cnn(C)c3)n2)cc1. The largest absolute Gasteiger partial charge is 0.455 e.